The molecule has 0 atom stereocenters. The Morgan fingerprint density at radius 2 is 1.24 bits per heavy atom. The van der Waals surface area contributed by atoms with Crippen molar-refractivity contribution in [2.75, 3.05) is 0 Å². The molecule has 0 nitrogen and oxygen atoms in total. The van der Waals surface area contributed by atoms with Crippen LogP contribution in [0.15, 0.2) is 60.7 Å². The number of rotatable bonds is 9. The van der Waals surface area contributed by atoms with Gasteiger partial charge in [-0.1, -0.05) is 80.4 Å². The van der Waals surface area contributed by atoms with Crippen LogP contribution >= 0.6 is 23.5 Å². The molecule has 0 unspecified atom stereocenters. The van der Waals surface area contributed by atoms with Gasteiger partial charge in [0.05, 0.1) is 4.58 Å². The fourth-order valence-corrected chi connectivity index (χ4v) is 4.71. The van der Waals surface area contributed by atoms with Crippen molar-refractivity contribution in [2.24, 2.45) is 0 Å². The Morgan fingerprint density at radius 3 is 1.67 bits per heavy atom. The Labute approximate surface area is 137 Å². The van der Waals surface area contributed by atoms with E-state index in [0.717, 1.165) is 11.5 Å². The molecule has 0 aliphatic rings. The summed E-state index contributed by atoms with van der Waals surface area (Å²) in [5, 5.41) is 0. The predicted octanol–water partition coefficient (Wildman–Crippen LogP) is 6.37. The van der Waals surface area contributed by atoms with Gasteiger partial charge >= 0.3 is 0 Å². The lowest BCUT2D eigenvalue weighted by atomic mass is 10.2. The minimum absolute atomic E-state index is 0.699. The van der Waals surface area contributed by atoms with Gasteiger partial charge in [-0.3, -0.25) is 0 Å². The van der Waals surface area contributed by atoms with Gasteiger partial charge in [0.25, 0.3) is 0 Å². The zero-order valence-electron chi connectivity index (χ0n) is 12.7. The highest BCUT2D eigenvalue weighted by atomic mass is 32.2. The summed E-state index contributed by atoms with van der Waals surface area (Å²) in [7, 11) is 0. The minimum Gasteiger partial charge on any atom is -0.143 e. The van der Waals surface area contributed by atoms with Gasteiger partial charge in [0, 0.05) is 11.5 Å². The van der Waals surface area contributed by atoms with Crippen molar-refractivity contribution in [3.8, 4) is 0 Å². The lowest BCUT2D eigenvalue weighted by molar-refractivity contribution is 0.763. The van der Waals surface area contributed by atoms with Gasteiger partial charge < -0.3 is 0 Å². The van der Waals surface area contributed by atoms with Crippen LogP contribution in [0.1, 0.15) is 37.3 Å². The monoisotopic (exact) mass is 316 g/mol. The second kappa shape index (κ2) is 9.97. The second-order valence-corrected chi connectivity index (χ2v) is 7.85. The topological polar surface area (TPSA) is 0 Å². The summed E-state index contributed by atoms with van der Waals surface area (Å²) in [6, 6.07) is 21.6. The summed E-state index contributed by atoms with van der Waals surface area (Å²) in [6.07, 6.45) is 3.92. The summed E-state index contributed by atoms with van der Waals surface area (Å²) in [5.41, 5.74) is 2.87. The van der Waals surface area contributed by atoms with Crippen LogP contribution < -0.4 is 0 Å². The van der Waals surface area contributed by atoms with E-state index in [1.54, 1.807) is 0 Å². The van der Waals surface area contributed by atoms with Gasteiger partial charge in [-0.05, 0) is 17.5 Å². The fraction of sp³-hybridized carbons (Fsp3) is 0.368. The van der Waals surface area contributed by atoms with E-state index in [-0.39, 0.29) is 0 Å². The van der Waals surface area contributed by atoms with Gasteiger partial charge in [0.2, 0.25) is 0 Å². The maximum Gasteiger partial charge on any atom is 0.0509 e. The van der Waals surface area contributed by atoms with E-state index in [2.05, 4.69) is 91.1 Å². The molecule has 0 aliphatic carbocycles. The minimum atomic E-state index is 0.699. The number of hydrogen-bond acceptors (Lipinski definition) is 2. The molecule has 2 rings (SSSR count). The second-order valence-electron chi connectivity index (χ2n) is 5.16. The van der Waals surface area contributed by atoms with E-state index in [1.165, 1.54) is 30.4 Å². The van der Waals surface area contributed by atoms with Crippen LogP contribution in [0.3, 0.4) is 0 Å². The smallest absolute Gasteiger partial charge is 0.0509 e. The van der Waals surface area contributed by atoms with E-state index in [0.29, 0.717) is 4.58 Å². The SMILES string of the molecule is CCCCC(SCc1ccccc1)SCc1ccccc1. The van der Waals surface area contributed by atoms with Crippen LogP contribution in [0, 0.1) is 0 Å². The number of benzene rings is 2. The molecule has 0 saturated heterocycles. The van der Waals surface area contributed by atoms with Crippen LogP contribution in [0.2, 0.25) is 0 Å². The first-order valence-electron chi connectivity index (χ1n) is 7.69. The molecular formula is C19H24S2. The zero-order chi connectivity index (χ0) is 14.8. The summed E-state index contributed by atoms with van der Waals surface area (Å²) in [6.45, 7) is 2.28. The van der Waals surface area contributed by atoms with Gasteiger partial charge in [-0.15, -0.1) is 23.5 Å². The van der Waals surface area contributed by atoms with E-state index in [1.807, 2.05) is 0 Å². The first kappa shape index (κ1) is 16.5. The van der Waals surface area contributed by atoms with Crippen molar-refractivity contribution in [1.82, 2.24) is 0 Å². The molecule has 0 heterocycles. The number of hydrogen-bond donors (Lipinski definition) is 0. The lowest BCUT2D eigenvalue weighted by Gasteiger charge is -2.16. The Bertz CT molecular complexity index is 438. The first-order valence-corrected chi connectivity index (χ1v) is 9.79. The summed E-state index contributed by atoms with van der Waals surface area (Å²) >= 11 is 4.19. The maximum absolute atomic E-state index is 2.28. The molecule has 0 radical (unpaired) electrons. The van der Waals surface area contributed by atoms with Gasteiger partial charge in [-0.2, -0.15) is 0 Å². The molecule has 0 N–H and O–H groups in total. The molecule has 0 saturated carbocycles. The quantitative estimate of drug-likeness (QED) is 0.493. The summed E-state index contributed by atoms with van der Waals surface area (Å²) < 4.78 is 0.699. The van der Waals surface area contributed by atoms with Crippen LogP contribution in [0.25, 0.3) is 0 Å². The third-order valence-corrected chi connectivity index (χ3v) is 6.38. The first-order chi connectivity index (χ1) is 10.4. The highest BCUT2D eigenvalue weighted by Crippen LogP contribution is 2.33. The number of unbranched alkanes of at least 4 members (excludes halogenated alkanes) is 1. The third kappa shape index (κ3) is 6.62. The molecule has 0 bridgehead atoms. The average molecular weight is 317 g/mol. The van der Waals surface area contributed by atoms with Crippen molar-refractivity contribution in [2.45, 2.75) is 42.3 Å². The molecular weight excluding hydrogens is 292 g/mol. The average Bonchev–Trinajstić information content (AvgIpc) is 2.56. The largest absolute Gasteiger partial charge is 0.143 e. The Morgan fingerprint density at radius 1 is 0.762 bits per heavy atom. The van der Waals surface area contributed by atoms with Crippen LogP contribution in [-0.4, -0.2) is 4.58 Å². The molecule has 0 fully saturated rings. The Kier molecular flexibility index (Phi) is 7.83. The van der Waals surface area contributed by atoms with Crippen molar-refractivity contribution in [1.29, 1.82) is 0 Å². The normalized spacial score (nSPS) is 11.0. The molecule has 112 valence electrons. The van der Waals surface area contributed by atoms with Crippen molar-refractivity contribution in [3.05, 3.63) is 71.8 Å². The van der Waals surface area contributed by atoms with E-state index < -0.39 is 0 Å². The molecule has 0 spiro atoms. The molecule has 2 aromatic carbocycles. The highest BCUT2D eigenvalue weighted by Gasteiger charge is 2.10. The lowest BCUT2D eigenvalue weighted by Crippen LogP contribution is -1.99. The van der Waals surface area contributed by atoms with E-state index >= 15 is 0 Å². The van der Waals surface area contributed by atoms with E-state index in [4.69, 9.17) is 0 Å². The van der Waals surface area contributed by atoms with Gasteiger partial charge in [0.15, 0.2) is 0 Å². The predicted molar refractivity (Wildman–Crippen MR) is 98.8 cm³/mol. The zero-order valence-corrected chi connectivity index (χ0v) is 14.3. The summed E-state index contributed by atoms with van der Waals surface area (Å²) in [5.74, 6) is 2.24. The molecule has 2 heteroatoms. The Hall–Kier alpha value is -0.860. The van der Waals surface area contributed by atoms with Crippen LogP contribution in [-0.2, 0) is 11.5 Å². The van der Waals surface area contributed by atoms with Crippen molar-refractivity contribution < 1.29 is 0 Å². The standard InChI is InChI=1S/C19H24S2/c1-2-3-14-19(20-15-17-10-6-4-7-11-17)21-16-18-12-8-5-9-13-18/h4-13,19H,2-3,14-16H2,1H3. The fourth-order valence-electron chi connectivity index (χ4n) is 2.11. The molecule has 0 aliphatic heterocycles. The van der Waals surface area contributed by atoms with Gasteiger partial charge in [0.1, 0.15) is 0 Å². The molecule has 21 heavy (non-hydrogen) atoms. The van der Waals surface area contributed by atoms with Crippen molar-refractivity contribution in [3.63, 3.8) is 0 Å². The number of thioether (sulfide) groups is 2. The van der Waals surface area contributed by atoms with Crippen molar-refractivity contribution >= 4 is 23.5 Å². The highest BCUT2D eigenvalue weighted by molar-refractivity contribution is 8.16. The van der Waals surface area contributed by atoms with Crippen LogP contribution in [0.4, 0.5) is 0 Å². The van der Waals surface area contributed by atoms with Crippen LogP contribution in [0.5, 0.6) is 0 Å². The molecule has 2 aromatic rings. The third-order valence-electron chi connectivity index (χ3n) is 3.35. The molecule has 0 aromatic heterocycles. The molecule has 0 amide bonds. The summed E-state index contributed by atoms with van der Waals surface area (Å²) in [4.78, 5) is 0. The maximum atomic E-state index is 2.28. The van der Waals surface area contributed by atoms with Gasteiger partial charge in [-0.25, -0.2) is 0 Å². The van der Waals surface area contributed by atoms with E-state index in [9.17, 15) is 0 Å². The Balaban J connectivity index is 1.82.